The van der Waals surface area contributed by atoms with E-state index in [0.717, 1.165) is 5.56 Å². The number of nitrogens with one attached hydrogen (secondary N) is 1. The molecule has 1 aromatic rings. The van der Waals surface area contributed by atoms with Crippen LogP contribution >= 0.6 is 0 Å². The molecule has 4 nitrogen and oxygen atoms in total. The van der Waals surface area contributed by atoms with Gasteiger partial charge in [-0.3, -0.25) is 4.79 Å². The van der Waals surface area contributed by atoms with Gasteiger partial charge in [0, 0.05) is 6.04 Å². The van der Waals surface area contributed by atoms with Crippen LogP contribution < -0.4 is 5.32 Å². The van der Waals surface area contributed by atoms with Crippen LogP contribution in [-0.4, -0.2) is 36.9 Å². The van der Waals surface area contributed by atoms with Crippen LogP contribution in [0.1, 0.15) is 18.9 Å². The van der Waals surface area contributed by atoms with Crippen LogP contribution in [0.25, 0.3) is 0 Å². The second kappa shape index (κ2) is 7.84. The number of aliphatic hydroxyl groups is 1. The van der Waals surface area contributed by atoms with Gasteiger partial charge >= 0.3 is 5.97 Å². The number of hydrogen-bond acceptors (Lipinski definition) is 4. The van der Waals surface area contributed by atoms with Gasteiger partial charge in [-0.15, -0.1) is 0 Å². The fourth-order valence-corrected chi connectivity index (χ4v) is 1.83. The van der Waals surface area contributed by atoms with Crippen LogP contribution in [0.5, 0.6) is 0 Å². The third kappa shape index (κ3) is 4.85. The van der Waals surface area contributed by atoms with Crippen LogP contribution in [0.2, 0.25) is 0 Å². The van der Waals surface area contributed by atoms with E-state index in [2.05, 4.69) is 5.32 Å². The van der Waals surface area contributed by atoms with E-state index >= 15 is 0 Å². The van der Waals surface area contributed by atoms with Crippen molar-refractivity contribution in [3.63, 3.8) is 0 Å². The highest BCUT2D eigenvalue weighted by molar-refractivity contribution is 5.70. The molecule has 0 bridgehead atoms. The lowest BCUT2D eigenvalue weighted by molar-refractivity contribution is -0.145. The Morgan fingerprint density at radius 2 is 2.06 bits per heavy atom. The van der Waals surface area contributed by atoms with Gasteiger partial charge in [0.05, 0.1) is 19.1 Å². The van der Waals surface area contributed by atoms with Gasteiger partial charge in [-0.05, 0) is 26.0 Å². The molecule has 0 fully saturated rings. The summed E-state index contributed by atoms with van der Waals surface area (Å²) in [4.78, 5) is 11.3. The molecule has 2 N–H and O–H groups in total. The number of carbonyl (C=O) groups is 1. The molecule has 0 aliphatic heterocycles. The number of hydrogen-bond donors (Lipinski definition) is 2. The second-order valence-corrected chi connectivity index (χ2v) is 4.16. The molecule has 0 aromatic heterocycles. The molecule has 1 rings (SSSR count). The van der Waals surface area contributed by atoms with Gasteiger partial charge < -0.3 is 15.2 Å². The Kier molecular flexibility index (Phi) is 6.39. The van der Waals surface area contributed by atoms with E-state index in [0.29, 0.717) is 13.0 Å². The number of aliphatic hydroxyl groups excluding tert-OH is 1. The molecule has 0 saturated heterocycles. The Morgan fingerprint density at radius 1 is 1.39 bits per heavy atom. The maximum Gasteiger partial charge on any atom is 0.308 e. The molecule has 1 aromatic carbocycles. The van der Waals surface area contributed by atoms with Gasteiger partial charge in [-0.2, -0.15) is 0 Å². The maximum atomic E-state index is 11.3. The van der Waals surface area contributed by atoms with Crippen LogP contribution in [0.3, 0.4) is 0 Å². The van der Waals surface area contributed by atoms with Crippen LogP contribution in [0.4, 0.5) is 0 Å². The summed E-state index contributed by atoms with van der Waals surface area (Å²) in [7, 11) is 1.78. The van der Waals surface area contributed by atoms with Crippen molar-refractivity contribution < 1.29 is 14.6 Å². The first-order chi connectivity index (χ1) is 8.67. The predicted octanol–water partition coefficient (Wildman–Crippen LogP) is 1.13. The van der Waals surface area contributed by atoms with Crippen molar-refractivity contribution in [3.05, 3.63) is 35.9 Å². The molecule has 2 atom stereocenters. The first-order valence-corrected chi connectivity index (χ1v) is 6.22. The van der Waals surface area contributed by atoms with Gasteiger partial charge in [0.25, 0.3) is 0 Å². The number of benzene rings is 1. The highest BCUT2D eigenvalue weighted by Gasteiger charge is 2.21. The first-order valence-electron chi connectivity index (χ1n) is 6.22. The summed E-state index contributed by atoms with van der Waals surface area (Å²) in [6, 6.07) is 9.71. The van der Waals surface area contributed by atoms with Crippen molar-refractivity contribution in [2.75, 3.05) is 13.7 Å². The zero-order valence-corrected chi connectivity index (χ0v) is 10.9. The number of esters is 1. The summed E-state index contributed by atoms with van der Waals surface area (Å²) in [6.07, 6.45) is -0.0429. The molecular weight excluding hydrogens is 230 g/mol. The molecule has 0 heterocycles. The number of carbonyl (C=O) groups excluding carboxylic acids is 1. The summed E-state index contributed by atoms with van der Waals surface area (Å²) in [6.45, 7) is 2.10. The summed E-state index contributed by atoms with van der Waals surface area (Å²) in [5.74, 6) is -0.363. The summed E-state index contributed by atoms with van der Waals surface area (Å²) < 4.78 is 4.83. The molecule has 0 unspecified atom stereocenters. The van der Waals surface area contributed by atoms with Gasteiger partial charge in [-0.25, -0.2) is 0 Å². The van der Waals surface area contributed by atoms with Crippen molar-refractivity contribution in [2.45, 2.75) is 31.9 Å². The van der Waals surface area contributed by atoms with Gasteiger partial charge in [0.15, 0.2) is 0 Å². The quantitative estimate of drug-likeness (QED) is 0.713. The second-order valence-electron chi connectivity index (χ2n) is 4.16. The molecule has 0 radical (unpaired) electrons. The van der Waals surface area contributed by atoms with Crippen LogP contribution in [0.15, 0.2) is 30.3 Å². The smallest absolute Gasteiger partial charge is 0.308 e. The highest BCUT2D eigenvalue weighted by Crippen LogP contribution is 2.09. The molecular formula is C14H21NO3. The number of ether oxygens (including phenoxy) is 1. The highest BCUT2D eigenvalue weighted by atomic mass is 16.5. The number of likely N-dealkylation sites (N-methyl/N-ethyl adjacent to an activating group) is 1. The maximum absolute atomic E-state index is 11.3. The molecule has 0 saturated carbocycles. The van der Waals surface area contributed by atoms with Crippen molar-refractivity contribution >= 4 is 5.97 Å². The Hall–Kier alpha value is -1.39. The summed E-state index contributed by atoms with van der Waals surface area (Å²) in [5, 5.41) is 13.0. The SMILES string of the molecule is CCOC(=O)C[C@H](O)[C@H](Cc1ccccc1)NC. The van der Waals surface area contributed by atoms with Crippen molar-refractivity contribution in [1.29, 1.82) is 0 Å². The minimum absolute atomic E-state index is 0.0200. The van der Waals surface area contributed by atoms with E-state index in [1.54, 1.807) is 14.0 Å². The Morgan fingerprint density at radius 3 is 2.61 bits per heavy atom. The fourth-order valence-electron chi connectivity index (χ4n) is 1.83. The summed E-state index contributed by atoms with van der Waals surface area (Å²) >= 11 is 0. The topological polar surface area (TPSA) is 58.6 Å². The van der Waals surface area contributed by atoms with E-state index in [-0.39, 0.29) is 18.4 Å². The number of rotatable bonds is 7. The minimum Gasteiger partial charge on any atom is -0.466 e. The van der Waals surface area contributed by atoms with E-state index in [1.807, 2.05) is 30.3 Å². The Bertz CT molecular complexity index is 353. The normalized spacial score (nSPS) is 13.9. The monoisotopic (exact) mass is 251 g/mol. The Labute approximate surface area is 108 Å². The summed E-state index contributed by atoms with van der Waals surface area (Å²) in [5.41, 5.74) is 1.12. The average Bonchev–Trinajstić information content (AvgIpc) is 2.37. The third-order valence-corrected chi connectivity index (χ3v) is 2.81. The lowest BCUT2D eigenvalue weighted by atomic mass is 9.99. The average molecular weight is 251 g/mol. The van der Waals surface area contributed by atoms with Gasteiger partial charge in [0.2, 0.25) is 0 Å². The zero-order chi connectivity index (χ0) is 13.4. The van der Waals surface area contributed by atoms with E-state index < -0.39 is 6.10 Å². The van der Waals surface area contributed by atoms with E-state index in [9.17, 15) is 9.90 Å². The fraction of sp³-hybridized carbons (Fsp3) is 0.500. The molecule has 18 heavy (non-hydrogen) atoms. The molecule has 0 aliphatic carbocycles. The van der Waals surface area contributed by atoms with Crippen molar-refractivity contribution in [3.8, 4) is 0 Å². The van der Waals surface area contributed by atoms with Crippen LogP contribution in [-0.2, 0) is 16.0 Å². The lowest BCUT2D eigenvalue weighted by Crippen LogP contribution is -2.40. The largest absolute Gasteiger partial charge is 0.466 e. The predicted molar refractivity (Wildman–Crippen MR) is 70.3 cm³/mol. The molecule has 4 heteroatoms. The van der Waals surface area contributed by atoms with Gasteiger partial charge in [0.1, 0.15) is 0 Å². The minimum atomic E-state index is -0.741. The molecule has 0 amide bonds. The standard InChI is InChI=1S/C14H21NO3/c1-3-18-14(17)10-13(16)12(15-2)9-11-7-5-4-6-8-11/h4-8,12-13,15-16H,3,9-10H2,1-2H3/t12-,13-/m0/s1. The first kappa shape index (κ1) is 14.7. The molecule has 100 valence electrons. The Balaban J connectivity index is 2.52. The van der Waals surface area contributed by atoms with Gasteiger partial charge in [-0.1, -0.05) is 30.3 Å². The molecule has 0 aliphatic rings. The zero-order valence-electron chi connectivity index (χ0n) is 10.9. The van der Waals surface area contributed by atoms with Crippen molar-refractivity contribution in [2.24, 2.45) is 0 Å². The third-order valence-electron chi connectivity index (χ3n) is 2.81. The van der Waals surface area contributed by atoms with Crippen LogP contribution in [0, 0.1) is 0 Å². The van der Waals surface area contributed by atoms with E-state index in [4.69, 9.17) is 4.74 Å². The van der Waals surface area contributed by atoms with E-state index in [1.165, 1.54) is 0 Å². The lowest BCUT2D eigenvalue weighted by Gasteiger charge is -2.21. The van der Waals surface area contributed by atoms with Crippen molar-refractivity contribution in [1.82, 2.24) is 5.32 Å². The molecule has 0 spiro atoms.